The van der Waals surface area contributed by atoms with Gasteiger partial charge in [-0.05, 0) is 24.3 Å². The molecule has 0 spiro atoms. The molecule has 0 amide bonds. The van der Waals surface area contributed by atoms with Gasteiger partial charge < -0.3 is 15.0 Å². The van der Waals surface area contributed by atoms with Crippen molar-refractivity contribution in [3.63, 3.8) is 0 Å². The number of ether oxygens (including phenoxy) is 1. The summed E-state index contributed by atoms with van der Waals surface area (Å²) < 4.78 is 8.40. The van der Waals surface area contributed by atoms with Crippen molar-refractivity contribution in [3.8, 4) is 5.88 Å². The van der Waals surface area contributed by atoms with Crippen LogP contribution in [0.4, 0.5) is 5.69 Å². The number of aliphatic imine (C=N–C) groups is 1. The first-order valence-electron chi connectivity index (χ1n) is 8.02. The molecule has 2 aromatic rings. The Bertz CT molecular complexity index is 900. The monoisotopic (exact) mass is 340 g/mol. The van der Waals surface area contributed by atoms with Crippen molar-refractivity contribution in [3.05, 3.63) is 48.3 Å². The Labute approximate surface area is 146 Å². The van der Waals surface area contributed by atoms with Gasteiger partial charge in [0.1, 0.15) is 13.2 Å². The molecule has 0 aromatic carbocycles. The minimum Gasteiger partial charge on any atom is -0.469 e. The zero-order valence-corrected chi connectivity index (χ0v) is 14.6. The van der Waals surface area contributed by atoms with E-state index in [1.54, 1.807) is 10.6 Å². The third-order valence-electron chi connectivity index (χ3n) is 3.72. The molecule has 0 radical (unpaired) electrons. The van der Waals surface area contributed by atoms with Crippen LogP contribution in [0.2, 0.25) is 0 Å². The molecule has 0 saturated carbocycles. The number of nitrogens with zero attached hydrogens (tertiary/aromatic N) is 4. The molecule has 1 aliphatic carbocycles. The molecule has 7 heteroatoms. The van der Waals surface area contributed by atoms with E-state index >= 15 is 0 Å². The van der Waals surface area contributed by atoms with Crippen molar-refractivity contribution < 1.29 is 14.0 Å². The number of likely N-dealkylation sites (N-methyl/N-ethyl adjacent to an activating group) is 1. The van der Waals surface area contributed by atoms with Gasteiger partial charge in [0.25, 0.3) is 5.88 Å². The molecule has 0 bridgehead atoms. The van der Waals surface area contributed by atoms with E-state index in [2.05, 4.69) is 31.2 Å². The van der Waals surface area contributed by atoms with Gasteiger partial charge >= 0.3 is 0 Å². The summed E-state index contributed by atoms with van der Waals surface area (Å²) in [5, 5.41) is 4.47. The van der Waals surface area contributed by atoms with E-state index in [9.17, 15) is 4.79 Å². The number of allylic oxidation sites excluding steroid dienone is 3. The number of ketones is 1. The lowest BCUT2D eigenvalue weighted by atomic mass is 10.1. The Kier molecular flexibility index (Phi) is 4.41. The van der Waals surface area contributed by atoms with E-state index in [0.717, 1.165) is 16.5 Å². The highest BCUT2D eigenvalue weighted by molar-refractivity contribution is 6.20. The second-order valence-corrected chi connectivity index (χ2v) is 6.88. The van der Waals surface area contributed by atoms with E-state index in [1.807, 2.05) is 24.4 Å². The first kappa shape index (κ1) is 16.9. The Morgan fingerprint density at radius 2 is 2.08 bits per heavy atom. The standard InChI is InChI=1S/C18H21N5O2/c1-23(2,3)10-11-25-18-17(16-6-4-5-9-22(16)21-18)20-15-8-7-13(24)12-14(15)19/h4-9,12H,10-11H2,1-3H3,(H-,19,24)/p+1/b20-15+. The normalized spacial score (nSPS) is 16.5. The summed E-state index contributed by atoms with van der Waals surface area (Å²) in [4.78, 5) is 16.0. The highest BCUT2D eigenvalue weighted by atomic mass is 16.5. The second-order valence-electron chi connectivity index (χ2n) is 6.88. The zero-order chi connectivity index (χ0) is 18.0. The molecule has 0 saturated heterocycles. The number of fused-ring (bicyclic) bond motifs is 1. The maximum atomic E-state index is 11.4. The number of carbonyl (C=O) groups excluding carboxylic acids is 1. The molecule has 0 atom stereocenters. The van der Waals surface area contributed by atoms with Crippen LogP contribution < -0.4 is 10.5 Å². The lowest BCUT2D eigenvalue weighted by Gasteiger charge is -2.23. The Morgan fingerprint density at radius 3 is 2.80 bits per heavy atom. The molecule has 0 aliphatic heterocycles. The summed E-state index contributed by atoms with van der Waals surface area (Å²) in [6.45, 7) is 1.35. The van der Waals surface area contributed by atoms with Crippen LogP contribution in [0, 0.1) is 0 Å². The lowest BCUT2D eigenvalue weighted by Crippen LogP contribution is -2.38. The number of pyridine rings is 1. The van der Waals surface area contributed by atoms with Crippen LogP contribution >= 0.6 is 0 Å². The van der Waals surface area contributed by atoms with Crippen molar-refractivity contribution in [2.45, 2.75) is 0 Å². The molecule has 2 heterocycles. The first-order chi connectivity index (χ1) is 11.8. The van der Waals surface area contributed by atoms with Gasteiger partial charge in [-0.25, -0.2) is 9.51 Å². The fraction of sp³-hybridized carbons (Fsp3) is 0.278. The van der Waals surface area contributed by atoms with E-state index in [1.165, 1.54) is 12.2 Å². The predicted molar refractivity (Wildman–Crippen MR) is 97.1 cm³/mol. The number of hydrogen-bond donors (Lipinski definition) is 1. The fourth-order valence-corrected chi connectivity index (χ4v) is 2.34. The van der Waals surface area contributed by atoms with Gasteiger partial charge in [-0.1, -0.05) is 6.07 Å². The molecule has 2 N–H and O–H groups in total. The third kappa shape index (κ3) is 3.95. The average molecular weight is 340 g/mol. The SMILES string of the molecule is C[N+](C)(C)CCOc1nn2ccccc2c1/N=C1\C=CC(=O)C=C1N. The lowest BCUT2D eigenvalue weighted by molar-refractivity contribution is -0.870. The van der Waals surface area contributed by atoms with Crippen LogP contribution in [-0.4, -0.2) is 59.9 Å². The topological polar surface area (TPSA) is 82.0 Å². The molecule has 7 nitrogen and oxygen atoms in total. The van der Waals surface area contributed by atoms with E-state index in [4.69, 9.17) is 10.5 Å². The van der Waals surface area contributed by atoms with Crippen LogP contribution in [0.25, 0.3) is 5.52 Å². The number of rotatable bonds is 5. The smallest absolute Gasteiger partial charge is 0.260 e. The van der Waals surface area contributed by atoms with Crippen molar-refractivity contribution in [1.82, 2.24) is 9.61 Å². The van der Waals surface area contributed by atoms with Crippen LogP contribution in [0.1, 0.15) is 0 Å². The summed E-state index contributed by atoms with van der Waals surface area (Å²) in [7, 11) is 6.30. The number of aromatic nitrogens is 2. The van der Waals surface area contributed by atoms with E-state index < -0.39 is 0 Å². The van der Waals surface area contributed by atoms with Gasteiger partial charge in [0.15, 0.2) is 11.5 Å². The zero-order valence-electron chi connectivity index (χ0n) is 14.6. The van der Waals surface area contributed by atoms with Gasteiger partial charge in [0.05, 0.1) is 38.1 Å². The highest BCUT2D eigenvalue weighted by Crippen LogP contribution is 2.32. The largest absolute Gasteiger partial charge is 0.469 e. The van der Waals surface area contributed by atoms with Crippen molar-refractivity contribution in [2.75, 3.05) is 34.3 Å². The maximum Gasteiger partial charge on any atom is 0.260 e. The van der Waals surface area contributed by atoms with Crippen LogP contribution in [0.5, 0.6) is 5.88 Å². The summed E-state index contributed by atoms with van der Waals surface area (Å²) in [5.41, 5.74) is 8.20. The number of carbonyl (C=O) groups is 1. The van der Waals surface area contributed by atoms with Crippen LogP contribution in [-0.2, 0) is 4.79 Å². The number of hydrogen-bond acceptors (Lipinski definition) is 5. The molecule has 3 rings (SSSR count). The average Bonchev–Trinajstić information content (AvgIpc) is 2.87. The van der Waals surface area contributed by atoms with Crippen molar-refractivity contribution in [1.29, 1.82) is 0 Å². The van der Waals surface area contributed by atoms with Gasteiger partial charge in [-0.15, -0.1) is 5.10 Å². The molecule has 130 valence electrons. The molecule has 2 aromatic heterocycles. The predicted octanol–water partition coefficient (Wildman–Crippen LogP) is 1.47. The van der Waals surface area contributed by atoms with E-state index in [-0.39, 0.29) is 5.78 Å². The Hall–Kier alpha value is -2.93. The third-order valence-corrected chi connectivity index (χ3v) is 3.72. The number of nitrogens with two attached hydrogens (primary N) is 1. The van der Waals surface area contributed by atoms with Gasteiger partial charge in [-0.2, -0.15) is 0 Å². The summed E-state index contributed by atoms with van der Waals surface area (Å²) in [6, 6.07) is 5.72. The molecular weight excluding hydrogens is 318 g/mol. The Balaban J connectivity index is 1.98. The van der Waals surface area contributed by atoms with Gasteiger partial charge in [0, 0.05) is 12.3 Å². The van der Waals surface area contributed by atoms with Gasteiger partial charge in [-0.3, -0.25) is 4.79 Å². The first-order valence-corrected chi connectivity index (χ1v) is 8.02. The highest BCUT2D eigenvalue weighted by Gasteiger charge is 2.17. The summed E-state index contributed by atoms with van der Waals surface area (Å²) >= 11 is 0. The molecule has 0 unspecified atom stereocenters. The summed E-state index contributed by atoms with van der Waals surface area (Å²) in [5.74, 6) is 0.306. The fourth-order valence-electron chi connectivity index (χ4n) is 2.34. The van der Waals surface area contributed by atoms with Crippen LogP contribution in [0.15, 0.2) is 53.3 Å². The Morgan fingerprint density at radius 1 is 1.28 bits per heavy atom. The summed E-state index contributed by atoms with van der Waals surface area (Å²) in [6.07, 6.45) is 6.26. The molecule has 0 fully saturated rings. The van der Waals surface area contributed by atoms with Gasteiger partial charge in [0.2, 0.25) is 0 Å². The van der Waals surface area contributed by atoms with Crippen molar-refractivity contribution in [2.24, 2.45) is 10.7 Å². The van der Waals surface area contributed by atoms with Crippen molar-refractivity contribution >= 4 is 22.7 Å². The molecular formula is C18H22N5O2+. The minimum atomic E-state index is -0.143. The molecule has 25 heavy (non-hydrogen) atoms. The quantitative estimate of drug-likeness (QED) is 0.660. The number of quaternary nitrogens is 1. The maximum absolute atomic E-state index is 11.4. The minimum absolute atomic E-state index is 0.143. The second kappa shape index (κ2) is 6.52. The molecule has 1 aliphatic rings. The van der Waals surface area contributed by atoms with Crippen LogP contribution in [0.3, 0.4) is 0 Å². The van der Waals surface area contributed by atoms with E-state index in [0.29, 0.717) is 29.6 Å².